The zero-order valence-electron chi connectivity index (χ0n) is 13.9. The van der Waals surface area contributed by atoms with Gasteiger partial charge in [-0.25, -0.2) is 0 Å². The molecule has 0 saturated heterocycles. The number of nitrogens with zero attached hydrogens (tertiary/aromatic N) is 1. The van der Waals surface area contributed by atoms with Crippen molar-refractivity contribution < 1.29 is 0 Å². The summed E-state index contributed by atoms with van der Waals surface area (Å²) in [7, 11) is 6.28. The number of unbranched alkanes of at least 4 members (excludes halogenated alkanes) is 1. The van der Waals surface area contributed by atoms with Crippen molar-refractivity contribution in [2.24, 2.45) is 5.92 Å². The molecule has 2 heteroatoms. The van der Waals surface area contributed by atoms with E-state index in [0.29, 0.717) is 6.04 Å². The number of anilines is 1. The van der Waals surface area contributed by atoms with Gasteiger partial charge in [0.1, 0.15) is 0 Å². The summed E-state index contributed by atoms with van der Waals surface area (Å²) in [5.41, 5.74) is 2.69. The van der Waals surface area contributed by atoms with Gasteiger partial charge in [0.15, 0.2) is 0 Å². The van der Waals surface area contributed by atoms with E-state index in [4.69, 9.17) is 0 Å². The molecule has 2 unspecified atom stereocenters. The molecule has 2 nitrogen and oxygen atoms in total. The second-order valence-corrected chi connectivity index (χ2v) is 5.98. The normalized spacial score (nSPS) is 14.1. The highest BCUT2D eigenvalue weighted by Gasteiger charge is 2.16. The Morgan fingerprint density at radius 2 is 1.95 bits per heavy atom. The van der Waals surface area contributed by atoms with Crippen molar-refractivity contribution in [2.75, 3.05) is 26.0 Å². The van der Waals surface area contributed by atoms with E-state index in [-0.39, 0.29) is 0 Å². The summed E-state index contributed by atoms with van der Waals surface area (Å²) >= 11 is 0. The monoisotopic (exact) mass is 276 g/mol. The van der Waals surface area contributed by atoms with Gasteiger partial charge in [0.05, 0.1) is 0 Å². The molecule has 0 saturated carbocycles. The molecular weight excluding hydrogens is 244 g/mol. The van der Waals surface area contributed by atoms with Crippen LogP contribution in [0.2, 0.25) is 0 Å². The van der Waals surface area contributed by atoms with Crippen molar-refractivity contribution in [3.8, 4) is 0 Å². The van der Waals surface area contributed by atoms with Gasteiger partial charge in [-0.05, 0) is 37.1 Å². The van der Waals surface area contributed by atoms with Gasteiger partial charge >= 0.3 is 0 Å². The van der Waals surface area contributed by atoms with E-state index >= 15 is 0 Å². The molecule has 0 aliphatic heterocycles. The number of hydrogen-bond acceptors (Lipinski definition) is 2. The van der Waals surface area contributed by atoms with E-state index in [2.05, 4.69) is 69.5 Å². The summed E-state index contributed by atoms with van der Waals surface area (Å²) < 4.78 is 0. The quantitative estimate of drug-likeness (QED) is 0.708. The van der Waals surface area contributed by atoms with Gasteiger partial charge in [-0.1, -0.05) is 51.7 Å². The second kappa shape index (κ2) is 9.02. The SMILES string of the molecule is CCCCC(CC)CC(NC)c1cccc(N(C)C)c1. The minimum Gasteiger partial charge on any atom is -0.378 e. The van der Waals surface area contributed by atoms with Crippen LogP contribution in [0.5, 0.6) is 0 Å². The van der Waals surface area contributed by atoms with E-state index in [1.807, 2.05) is 0 Å². The first kappa shape index (κ1) is 17.0. The molecule has 1 aromatic rings. The van der Waals surface area contributed by atoms with E-state index < -0.39 is 0 Å². The third kappa shape index (κ3) is 5.16. The summed E-state index contributed by atoms with van der Waals surface area (Å²) in [6, 6.07) is 9.37. The number of benzene rings is 1. The van der Waals surface area contributed by atoms with Gasteiger partial charge in [-0.3, -0.25) is 0 Å². The maximum Gasteiger partial charge on any atom is 0.0364 e. The molecule has 114 valence electrons. The molecule has 1 rings (SSSR count). The summed E-state index contributed by atoms with van der Waals surface area (Å²) in [4.78, 5) is 2.17. The highest BCUT2D eigenvalue weighted by Crippen LogP contribution is 2.28. The maximum atomic E-state index is 3.51. The Morgan fingerprint density at radius 3 is 2.50 bits per heavy atom. The van der Waals surface area contributed by atoms with Crippen molar-refractivity contribution >= 4 is 5.69 Å². The minimum atomic E-state index is 0.469. The van der Waals surface area contributed by atoms with Crippen LogP contribution in [0.1, 0.15) is 57.6 Å². The molecule has 1 N–H and O–H groups in total. The lowest BCUT2D eigenvalue weighted by Gasteiger charge is -2.24. The van der Waals surface area contributed by atoms with Gasteiger partial charge in [-0.15, -0.1) is 0 Å². The lowest BCUT2D eigenvalue weighted by Crippen LogP contribution is -2.20. The van der Waals surface area contributed by atoms with Crippen molar-refractivity contribution in [1.82, 2.24) is 5.32 Å². The lowest BCUT2D eigenvalue weighted by atomic mass is 9.89. The van der Waals surface area contributed by atoms with E-state index in [1.54, 1.807) is 0 Å². The van der Waals surface area contributed by atoms with Crippen LogP contribution in [0.4, 0.5) is 5.69 Å². The van der Waals surface area contributed by atoms with E-state index in [9.17, 15) is 0 Å². The standard InChI is InChI=1S/C18H32N2/c1-6-8-10-15(7-2)13-18(19-3)16-11-9-12-17(14-16)20(4)5/h9,11-12,14-15,18-19H,6-8,10,13H2,1-5H3. The first-order valence-electron chi connectivity index (χ1n) is 8.06. The van der Waals surface area contributed by atoms with Gasteiger partial charge in [0.2, 0.25) is 0 Å². The molecule has 20 heavy (non-hydrogen) atoms. The lowest BCUT2D eigenvalue weighted by molar-refractivity contribution is 0.365. The molecule has 0 heterocycles. The maximum absolute atomic E-state index is 3.51. The van der Waals surface area contributed by atoms with Gasteiger partial charge in [-0.2, -0.15) is 0 Å². The van der Waals surface area contributed by atoms with Crippen LogP contribution in [0, 0.1) is 5.92 Å². The number of nitrogens with one attached hydrogen (secondary N) is 1. The highest BCUT2D eigenvalue weighted by molar-refractivity contribution is 5.47. The fourth-order valence-corrected chi connectivity index (χ4v) is 2.76. The third-order valence-electron chi connectivity index (χ3n) is 4.25. The molecular formula is C18H32N2. The second-order valence-electron chi connectivity index (χ2n) is 5.98. The van der Waals surface area contributed by atoms with Crippen molar-refractivity contribution in [3.05, 3.63) is 29.8 Å². The predicted octanol–water partition coefficient (Wildman–Crippen LogP) is 4.62. The molecule has 0 bridgehead atoms. The Kier molecular flexibility index (Phi) is 7.68. The van der Waals surface area contributed by atoms with Crippen LogP contribution < -0.4 is 10.2 Å². The topological polar surface area (TPSA) is 15.3 Å². The zero-order chi connectivity index (χ0) is 15.0. The molecule has 1 aromatic carbocycles. The van der Waals surface area contributed by atoms with Crippen molar-refractivity contribution in [2.45, 2.75) is 52.0 Å². The van der Waals surface area contributed by atoms with E-state index in [0.717, 1.165) is 5.92 Å². The van der Waals surface area contributed by atoms with Crippen LogP contribution in [0.3, 0.4) is 0 Å². The largest absolute Gasteiger partial charge is 0.378 e. The van der Waals surface area contributed by atoms with Gasteiger partial charge in [0, 0.05) is 25.8 Å². The first-order chi connectivity index (χ1) is 9.62. The minimum absolute atomic E-state index is 0.469. The molecule has 2 atom stereocenters. The average Bonchev–Trinajstić information content (AvgIpc) is 2.47. The van der Waals surface area contributed by atoms with Crippen LogP contribution in [-0.4, -0.2) is 21.1 Å². The third-order valence-corrected chi connectivity index (χ3v) is 4.25. The fraction of sp³-hybridized carbons (Fsp3) is 0.667. The Bertz CT molecular complexity index is 373. The molecule has 0 aromatic heterocycles. The first-order valence-corrected chi connectivity index (χ1v) is 8.06. The van der Waals surface area contributed by atoms with Crippen LogP contribution >= 0.6 is 0 Å². The molecule has 0 aliphatic rings. The summed E-state index contributed by atoms with van der Waals surface area (Å²) in [6.45, 7) is 4.60. The number of hydrogen-bond donors (Lipinski definition) is 1. The van der Waals surface area contributed by atoms with Crippen molar-refractivity contribution in [3.63, 3.8) is 0 Å². The molecule has 0 radical (unpaired) electrons. The Morgan fingerprint density at radius 1 is 1.20 bits per heavy atom. The predicted molar refractivity (Wildman–Crippen MR) is 90.5 cm³/mol. The smallest absolute Gasteiger partial charge is 0.0364 e. The van der Waals surface area contributed by atoms with Crippen LogP contribution in [0.25, 0.3) is 0 Å². The molecule has 0 amide bonds. The summed E-state index contributed by atoms with van der Waals surface area (Å²) in [5, 5.41) is 3.51. The van der Waals surface area contributed by atoms with Crippen LogP contribution in [-0.2, 0) is 0 Å². The summed E-state index contributed by atoms with van der Waals surface area (Å²) in [5.74, 6) is 0.829. The van der Waals surface area contributed by atoms with Gasteiger partial charge in [0.25, 0.3) is 0 Å². The molecule has 0 fully saturated rings. The van der Waals surface area contributed by atoms with Gasteiger partial charge < -0.3 is 10.2 Å². The molecule has 0 aliphatic carbocycles. The molecule has 0 spiro atoms. The Hall–Kier alpha value is -1.02. The highest BCUT2D eigenvalue weighted by atomic mass is 15.1. The average molecular weight is 276 g/mol. The van der Waals surface area contributed by atoms with E-state index in [1.165, 1.54) is 43.4 Å². The Labute approximate surface area is 125 Å². The Balaban J connectivity index is 2.76. The number of rotatable bonds is 9. The fourth-order valence-electron chi connectivity index (χ4n) is 2.76. The van der Waals surface area contributed by atoms with Crippen LogP contribution in [0.15, 0.2) is 24.3 Å². The van der Waals surface area contributed by atoms with Crippen molar-refractivity contribution in [1.29, 1.82) is 0 Å². The summed E-state index contributed by atoms with van der Waals surface area (Å²) in [6.07, 6.45) is 6.54. The zero-order valence-corrected chi connectivity index (χ0v) is 13.9.